The Bertz CT molecular complexity index is 875. The molecule has 2 aromatic heterocycles. The Morgan fingerprint density at radius 2 is 1.92 bits per heavy atom. The Labute approximate surface area is 154 Å². The Morgan fingerprint density at radius 1 is 1.08 bits per heavy atom. The Hall–Kier alpha value is -2.95. The molecule has 3 aromatic rings. The van der Waals surface area contributed by atoms with Crippen molar-refractivity contribution in [2.75, 3.05) is 17.2 Å². The first-order valence-corrected chi connectivity index (χ1v) is 8.97. The number of anilines is 3. The molecule has 0 fully saturated rings. The molecule has 0 saturated heterocycles. The first-order valence-electron chi connectivity index (χ1n) is 8.97. The number of hydrogen-bond acceptors (Lipinski definition) is 5. The minimum absolute atomic E-state index is 0.514. The van der Waals surface area contributed by atoms with Crippen LogP contribution in [0.25, 0.3) is 11.3 Å². The summed E-state index contributed by atoms with van der Waals surface area (Å²) in [6.07, 6.45) is 3.57. The molecule has 0 atom stereocenters. The maximum atomic E-state index is 4.59. The lowest BCUT2D eigenvalue weighted by Crippen LogP contribution is -2.05. The average molecular weight is 347 g/mol. The fourth-order valence-corrected chi connectivity index (χ4v) is 2.96. The van der Waals surface area contributed by atoms with Gasteiger partial charge in [0.15, 0.2) is 0 Å². The van der Waals surface area contributed by atoms with Gasteiger partial charge in [0.2, 0.25) is 5.95 Å². The molecule has 1 aromatic carbocycles. The lowest BCUT2D eigenvalue weighted by molar-refractivity contribution is 0.857. The Balaban J connectivity index is 1.94. The van der Waals surface area contributed by atoms with E-state index in [1.165, 1.54) is 11.1 Å². The molecule has 0 aliphatic heterocycles. The van der Waals surface area contributed by atoms with Crippen LogP contribution in [0.5, 0.6) is 0 Å². The number of aryl methyl sites for hydroxylation is 1. The lowest BCUT2D eigenvalue weighted by atomic mass is 9.98. The Kier molecular flexibility index (Phi) is 5.46. The zero-order valence-corrected chi connectivity index (χ0v) is 15.7. The Morgan fingerprint density at radius 3 is 2.58 bits per heavy atom. The zero-order valence-electron chi connectivity index (χ0n) is 15.7. The van der Waals surface area contributed by atoms with E-state index in [0.717, 1.165) is 29.3 Å². The van der Waals surface area contributed by atoms with Gasteiger partial charge in [-0.15, -0.1) is 0 Å². The van der Waals surface area contributed by atoms with Crippen LogP contribution in [0.4, 0.5) is 17.5 Å². The van der Waals surface area contributed by atoms with Gasteiger partial charge in [-0.3, -0.25) is 4.98 Å². The van der Waals surface area contributed by atoms with E-state index < -0.39 is 0 Å². The van der Waals surface area contributed by atoms with Crippen molar-refractivity contribution in [1.82, 2.24) is 15.0 Å². The highest BCUT2D eigenvalue weighted by Gasteiger charge is 2.09. The van der Waals surface area contributed by atoms with E-state index in [2.05, 4.69) is 64.6 Å². The van der Waals surface area contributed by atoms with E-state index in [1.807, 2.05) is 31.3 Å². The van der Waals surface area contributed by atoms with Gasteiger partial charge in [-0.25, -0.2) is 4.98 Å². The van der Waals surface area contributed by atoms with Crippen molar-refractivity contribution in [3.63, 3.8) is 0 Å². The van der Waals surface area contributed by atoms with Crippen molar-refractivity contribution in [3.8, 4) is 11.3 Å². The zero-order chi connectivity index (χ0) is 18.5. The molecular formula is C21H25N5. The van der Waals surface area contributed by atoms with E-state index in [9.17, 15) is 0 Å². The normalized spacial score (nSPS) is 10.8. The van der Waals surface area contributed by atoms with Gasteiger partial charge in [-0.1, -0.05) is 19.9 Å². The number of nitrogens with zero attached hydrogens (tertiary/aromatic N) is 3. The SMILES string of the molecule is CCNc1nc(Nc2ccc(C(C)C)c(C)c2)cc(-c2cccnc2)n1. The van der Waals surface area contributed by atoms with Crippen molar-refractivity contribution < 1.29 is 0 Å². The van der Waals surface area contributed by atoms with Gasteiger partial charge >= 0.3 is 0 Å². The lowest BCUT2D eigenvalue weighted by Gasteiger charge is -2.14. The van der Waals surface area contributed by atoms with Crippen LogP contribution in [-0.2, 0) is 0 Å². The molecule has 0 aliphatic carbocycles. The van der Waals surface area contributed by atoms with Gasteiger partial charge < -0.3 is 10.6 Å². The molecule has 0 radical (unpaired) electrons. The first-order chi connectivity index (χ1) is 12.6. The fraction of sp³-hybridized carbons (Fsp3) is 0.286. The van der Waals surface area contributed by atoms with Gasteiger partial charge in [0.05, 0.1) is 5.69 Å². The highest BCUT2D eigenvalue weighted by Crippen LogP contribution is 2.26. The molecule has 0 aliphatic rings. The summed E-state index contributed by atoms with van der Waals surface area (Å²) >= 11 is 0. The van der Waals surface area contributed by atoms with Crippen molar-refractivity contribution in [3.05, 3.63) is 59.9 Å². The summed E-state index contributed by atoms with van der Waals surface area (Å²) in [6.45, 7) is 9.36. The molecule has 0 bridgehead atoms. The molecule has 5 nitrogen and oxygen atoms in total. The third kappa shape index (κ3) is 4.17. The maximum absolute atomic E-state index is 4.59. The largest absolute Gasteiger partial charge is 0.354 e. The molecule has 0 spiro atoms. The van der Waals surface area contributed by atoms with Gasteiger partial charge in [0, 0.05) is 36.3 Å². The smallest absolute Gasteiger partial charge is 0.225 e. The maximum Gasteiger partial charge on any atom is 0.225 e. The predicted molar refractivity (Wildman–Crippen MR) is 108 cm³/mol. The summed E-state index contributed by atoms with van der Waals surface area (Å²) in [5.74, 6) is 1.87. The highest BCUT2D eigenvalue weighted by atomic mass is 15.1. The van der Waals surface area contributed by atoms with Crippen LogP contribution in [0, 0.1) is 6.92 Å². The molecule has 0 unspecified atom stereocenters. The minimum atomic E-state index is 0.514. The fourth-order valence-electron chi connectivity index (χ4n) is 2.96. The van der Waals surface area contributed by atoms with Crippen molar-refractivity contribution in [2.45, 2.75) is 33.6 Å². The van der Waals surface area contributed by atoms with Gasteiger partial charge in [-0.2, -0.15) is 4.98 Å². The van der Waals surface area contributed by atoms with E-state index in [4.69, 9.17) is 0 Å². The quantitative estimate of drug-likeness (QED) is 0.646. The van der Waals surface area contributed by atoms with Gasteiger partial charge in [0.1, 0.15) is 5.82 Å². The second-order valence-corrected chi connectivity index (χ2v) is 6.59. The average Bonchev–Trinajstić information content (AvgIpc) is 2.62. The van der Waals surface area contributed by atoms with E-state index >= 15 is 0 Å². The number of hydrogen-bond donors (Lipinski definition) is 2. The minimum Gasteiger partial charge on any atom is -0.354 e. The topological polar surface area (TPSA) is 62.7 Å². The molecule has 134 valence electrons. The molecule has 2 N–H and O–H groups in total. The molecule has 3 rings (SSSR count). The van der Waals surface area contributed by atoms with Crippen LogP contribution >= 0.6 is 0 Å². The standard InChI is InChI=1S/C21H25N5/c1-5-23-21-25-19(16-7-6-10-22-13-16)12-20(26-21)24-17-8-9-18(14(2)3)15(4)11-17/h6-14H,5H2,1-4H3,(H2,23,24,25,26). The molecule has 2 heterocycles. The van der Waals surface area contributed by atoms with Crippen LogP contribution < -0.4 is 10.6 Å². The van der Waals surface area contributed by atoms with Crippen LogP contribution in [0.2, 0.25) is 0 Å². The molecule has 5 heteroatoms. The highest BCUT2D eigenvalue weighted by molar-refractivity contribution is 5.67. The molecule has 26 heavy (non-hydrogen) atoms. The van der Waals surface area contributed by atoms with Crippen molar-refractivity contribution in [2.24, 2.45) is 0 Å². The number of benzene rings is 1. The van der Waals surface area contributed by atoms with E-state index in [1.54, 1.807) is 6.20 Å². The van der Waals surface area contributed by atoms with Gasteiger partial charge in [0.25, 0.3) is 0 Å². The third-order valence-electron chi connectivity index (χ3n) is 4.18. The summed E-state index contributed by atoms with van der Waals surface area (Å²) < 4.78 is 0. The summed E-state index contributed by atoms with van der Waals surface area (Å²) in [6, 6.07) is 12.3. The number of aromatic nitrogens is 3. The summed E-state index contributed by atoms with van der Waals surface area (Å²) in [5.41, 5.74) is 5.46. The van der Waals surface area contributed by atoms with E-state index in [-0.39, 0.29) is 0 Å². The predicted octanol–water partition coefficient (Wildman–Crippen LogP) is 5.15. The summed E-state index contributed by atoms with van der Waals surface area (Å²) in [4.78, 5) is 13.4. The first kappa shape index (κ1) is 17.9. The van der Waals surface area contributed by atoms with E-state index in [0.29, 0.717) is 11.9 Å². The second-order valence-electron chi connectivity index (χ2n) is 6.59. The molecular weight excluding hydrogens is 322 g/mol. The third-order valence-corrected chi connectivity index (χ3v) is 4.18. The molecule has 0 saturated carbocycles. The van der Waals surface area contributed by atoms with Gasteiger partial charge in [-0.05, 0) is 55.2 Å². The monoisotopic (exact) mass is 347 g/mol. The number of rotatable bonds is 6. The van der Waals surface area contributed by atoms with Crippen LogP contribution in [0.15, 0.2) is 48.8 Å². The number of nitrogens with one attached hydrogen (secondary N) is 2. The van der Waals surface area contributed by atoms with Crippen LogP contribution in [0.3, 0.4) is 0 Å². The molecule has 0 amide bonds. The van der Waals surface area contributed by atoms with Crippen LogP contribution in [0.1, 0.15) is 37.8 Å². The second kappa shape index (κ2) is 7.95. The van der Waals surface area contributed by atoms with Crippen molar-refractivity contribution >= 4 is 17.5 Å². The number of pyridine rings is 1. The van der Waals surface area contributed by atoms with Crippen molar-refractivity contribution in [1.29, 1.82) is 0 Å². The van der Waals surface area contributed by atoms with Crippen LogP contribution in [-0.4, -0.2) is 21.5 Å². The summed E-state index contributed by atoms with van der Waals surface area (Å²) in [5, 5.41) is 6.60. The summed E-state index contributed by atoms with van der Waals surface area (Å²) in [7, 11) is 0.